The fourth-order valence-corrected chi connectivity index (χ4v) is 5.27. The van der Waals surface area contributed by atoms with E-state index < -0.39 is 130 Å². The third-order valence-electron chi connectivity index (χ3n) is 7.13. The molecule has 54 heavy (non-hydrogen) atoms. The van der Waals surface area contributed by atoms with Crippen LogP contribution in [0.5, 0.6) is 0 Å². The van der Waals surface area contributed by atoms with E-state index in [2.05, 4.69) is 30.1 Å². The van der Waals surface area contributed by atoms with Gasteiger partial charge in [-0.1, -0.05) is 18.2 Å². The van der Waals surface area contributed by atoms with Crippen LogP contribution in [0.1, 0.15) is 17.1 Å². The standard InChI is InChI=1S/C22H6N16O16/c39-31(40)12-8-6-9-27-28-22(29(9)7-4-2-1-3-5-7)26-21-24-11(20(25-21)37(51)52)15(34(45)46)17-19(36(49)50)18(35(47)48)16(30(17)38(53)54)14(33(43)44)10(23-8)13(12)32(41)42/h1-6H. The van der Waals surface area contributed by atoms with Crippen molar-refractivity contribution < 1.29 is 39.5 Å². The molecule has 4 aromatic rings. The largest absolute Gasteiger partial charge is 0.401 e. The van der Waals surface area contributed by atoms with Crippen LogP contribution < -0.4 is 0 Å². The van der Waals surface area contributed by atoms with Crippen molar-refractivity contribution >= 4 is 68.4 Å². The van der Waals surface area contributed by atoms with E-state index in [1.807, 2.05) is 0 Å². The number of hydrogen-bond acceptors (Lipinski definition) is 22. The van der Waals surface area contributed by atoms with Gasteiger partial charge in [0.05, 0.1) is 35.2 Å². The van der Waals surface area contributed by atoms with Crippen LogP contribution in [0.15, 0.2) is 41.4 Å². The highest BCUT2D eigenvalue weighted by molar-refractivity contribution is 6.06. The lowest BCUT2D eigenvalue weighted by molar-refractivity contribution is -0.535. The molecule has 0 saturated heterocycles. The Kier molecular flexibility index (Phi) is 7.85. The van der Waals surface area contributed by atoms with Gasteiger partial charge >= 0.3 is 45.9 Å². The summed E-state index contributed by atoms with van der Waals surface area (Å²) < 4.78 is -0.0942. The number of aromatic nitrogens is 7. The first kappa shape index (κ1) is 34.6. The number of fused-ring (bicyclic) bond motifs is 8. The van der Waals surface area contributed by atoms with Crippen molar-refractivity contribution in [3.63, 3.8) is 0 Å². The zero-order chi connectivity index (χ0) is 39.5. The minimum absolute atomic E-state index is 0.0372. The molecule has 5 heterocycles. The summed E-state index contributed by atoms with van der Waals surface area (Å²) in [6.07, 6.45) is 0. The first-order chi connectivity index (χ1) is 25.5. The zero-order valence-corrected chi connectivity index (χ0v) is 25.2. The molecular formula is C22H6N16O16. The van der Waals surface area contributed by atoms with Crippen LogP contribution in [0, 0.1) is 80.9 Å². The van der Waals surface area contributed by atoms with Crippen molar-refractivity contribution in [3.8, 4) is 5.69 Å². The van der Waals surface area contributed by atoms with Gasteiger partial charge in [0.2, 0.25) is 11.4 Å². The van der Waals surface area contributed by atoms with Gasteiger partial charge in [-0.25, -0.2) is 15.1 Å². The maximum atomic E-state index is 12.7. The highest BCUT2D eigenvalue weighted by Gasteiger charge is 2.53. The molecule has 0 amide bonds. The first-order valence-corrected chi connectivity index (χ1v) is 13.5. The van der Waals surface area contributed by atoms with E-state index in [1.165, 1.54) is 30.3 Å². The van der Waals surface area contributed by atoms with Crippen LogP contribution in [-0.4, -0.2) is 79.7 Å². The van der Waals surface area contributed by atoms with Crippen molar-refractivity contribution in [2.75, 3.05) is 0 Å². The van der Waals surface area contributed by atoms with Crippen LogP contribution in [0.25, 0.3) is 39.5 Å². The fourth-order valence-electron chi connectivity index (χ4n) is 5.27. The summed E-state index contributed by atoms with van der Waals surface area (Å²) in [5, 5.41) is 105. The highest BCUT2D eigenvalue weighted by atomic mass is 16.7. The second-order valence-corrected chi connectivity index (χ2v) is 9.97. The van der Waals surface area contributed by atoms with E-state index in [9.17, 15) is 80.9 Å². The highest BCUT2D eigenvalue weighted by Crippen LogP contribution is 2.48. The number of para-hydroxylation sites is 1. The summed E-state index contributed by atoms with van der Waals surface area (Å²) in [5.74, 6) is -3.47. The van der Waals surface area contributed by atoms with Gasteiger partial charge in [-0.05, 0) is 21.7 Å². The smallest absolute Gasteiger partial charge is 0.358 e. The molecule has 0 saturated carbocycles. The van der Waals surface area contributed by atoms with Crippen molar-refractivity contribution in [1.82, 2.24) is 34.4 Å². The van der Waals surface area contributed by atoms with Gasteiger partial charge in [0.1, 0.15) is 0 Å². The molecule has 0 aliphatic carbocycles. The van der Waals surface area contributed by atoms with Crippen molar-refractivity contribution in [1.29, 1.82) is 0 Å². The molecule has 0 spiro atoms. The Hall–Kier alpha value is -9.26. The Bertz CT molecular complexity index is 2750. The quantitative estimate of drug-likeness (QED) is 0.183. The minimum atomic E-state index is -2.31. The third-order valence-corrected chi connectivity index (χ3v) is 7.13. The lowest BCUT2D eigenvalue weighted by atomic mass is 10.2. The van der Waals surface area contributed by atoms with E-state index in [0.717, 1.165) is 4.57 Å². The number of aliphatic imine (C=N–C) groups is 1. The van der Waals surface area contributed by atoms with Gasteiger partial charge in [-0.15, -0.1) is 15.2 Å². The maximum absolute atomic E-state index is 12.7. The number of nitrogens with zero attached hydrogens (tertiary/aromatic N) is 16. The van der Waals surface area contributed by atoms with Gasteiger partial charge in [0.25, 0.3) is 16.8 Å². The van der Waals surface area contributed by atoms with Gasteiger partial charge in [-0.3, -0.25) is 65.3 Å². The van der Waals surface area contributed by atoms with E-state index in [-0.39, 0.29) is 5.69 Å². The second-order valence-electron chi connectivity index (χ2n) is 9.97. The third kappa shape index (κ3) is 5.19. The first-order valence-electron chi connectivity index (χ1n) is 13.5. The number of hydrogen-bond donors (Lipinski definition) is 0. The van der Waals surface area contributed by atoms with E-state index in [4.69, 9.17) is 0 Å². The van der Waals surface area contributed by atoms with E-state index in [1.54, 1.807) is 0 Å². The van der Waals surface area contributed by atoms with Crippen LogP contribution >= 0.6 is 0 Å². The normalized spacial score (nSPS) is 12.2. The summed E-state index contributed by atoms with van der Waals surface area (Å²) in [7, 11) is 0. The predicted molar refractivity (Wildman–Crippen MR) is 166 cm³/mol. The lowest BCUT2D eigenvalue weighted by Crippen LogP contribution is -2.16. The SMILES string of the molecule is O=[N+]([O-])C1=Nc2nc1c([N+](=O)[O-])c1c([N+](=O)[O-])c([N+](=O)[O-])c(c([N+](=O)[O-])c3nc(cc4nnc(n2)n4-c2ccccc2)C([N+](=O)[O-])=C3[N+](=O)[O-])n1[N+](=O)[O-]. The van der Waals surface area contributed by atoms with E-state index in [0.29, 0.717) is 6.07 Å². The Labute approximate surface area is 287 Å². The number of benzene rings is 1. The lowest BCUT2D eigenvalue weighted by Gasteiger charge is -2.02. The molecular weight excluding hydrogens is 744 g/mol. The Morgan fingerprint density at radius 2 is 1.07 bits per heavy atom. The van der Waals surface area contributed by atoms with Gasteiger partial charge < -0.3 is 10.1 Å². The van der Waals surface area contributed by atoms with Crippen LogP contribution in [0.4, 0.5) is 28.7 Å². The summed E-state index contributed by atoms with van der Waals surface area (Å²) in [4.78, 5) is 102. The van der Waals surface area contributed by atoms with Crippen LogP contribution in [-0.2, 0) is 0 Å². The Morgan fingerprint density at radius 3 is 1.56 bits per heavy atom. The number of amidine groups is 1. The zero-order valence-electron chi connectivity index (χ0n) is 25.2. The van der Waals surface area contributed by atoms with E-state index >= 15 is 0 Å². The van der Waals surface area contributed by atoms with Crippen molar-refractivity contribution in [2.45, 2.75) is 0 Å². The summed E-state index contributed by atoms with van der Waals surface area (Å²) >= 11 is 0. The van der Waals surface area contributed by atoms with Gasteiger partial charge in [-0.2, -0.15) is 4.98 Å². The molecule has 0 N–H and O–H groups in total. The Morgan fingerprint density at radius 1 is 0.537 bits per heavy atom. The minimum Gasteiger partial charge on any atom is -0.358 e. The molecule has 2 aliphatic heterocycles. The molecule has 2 aliphatic rings. The van der Waals surface area contributed by atoms with Gasteiger partial charge in [0.15, 0.2) is 16.4 Å². The average Bonchev–Trinajstić information content (AvgIpc) is 3.84. The molecule has 0 radical (unpaired) electrons. The molecule has 0 fully saturated rings. The maximum Gasteiger partial charge on any atom is 0.401 e. The molecule has 6 rings (SSSR count). The number of rotatable bonds is 8. The molecule has 1 aromatic carbocycles. The number of nitro groups is 8. The molecule has 0 unspecified atom stereocenters. The molecule has 32 heteroatoms. The molecule has 8 bridgehead atoms. The van der Waals surface area contributed by atoms with Crippen LogP contribution in [0.2, 0.25) is 0 Å². The molecule has 3 aromatic heterocycles. The predicted octanol–water partition coefficient (Wildman–Crippen LogP) is 1.84. The molecule has 32 nitrogen and oxygen atoms in total. The van der Waals surface area contributed by atoms with Gasteiger partial charge in [0, 0.05) is 11.1 Å². The summed E-state index contributed by atoms with van der Waals surface area (Å²) in [6, 6.07) is 7.63. The second kappa shape index (κ2) is 12.3. The average molecular weight is 750 g/mol. The topological polar surface area (TPSA) is 432 Å². The summed E-state index contributed by atoms with van der Waals surface area (Å²) in [6.45, 7) is 0. The van der Waals surface area contributed by atoms with Crippen molar-refractivity contribution in [3.05, 3.63) is 134 Å². The monoisotopic (exact) mass is 750 g/mol. The molecule has 0 atom stereocenters. The Balaban J connectivity index is 2.12. The van der Waals surface area contributed by atoms with Crippen molar-refractivity contribution in [2.24, 2.45) is 4.99 Å². The summed E-state index contributed by atoms with van der Waals surface area (Å²) in [5.41, 5.74) is -22.3. The fraction of sp³-hybridized carbons (Fsp3) is 0. The molecule has 270 valence electrons. The van der Waals surface area contributed by atoms with Crippen LogP contribution in [0.3, 0.4) is 0 Å².